The molecule has 0 bridgehead atoms. The van der Waals surface area contributed by atoms with Crippen molar-refractivity contribution in [1.29, 1.82) is 0 Å². The zero-order valence-electron chi connectivity index (χ0n) is 14.8. The Morgan fingerprint density at radius 2 is 2.15 bits per heavy atom. The lowest BCUT2D eigenvalue weighted by atomic mass is 10.0. The van der Waals surface area contributed by atoms with E-state index >= 15 is 0 Å². The van der Waals surface area contributed by atoms with Gasteiger partial charge < -0.3 is 14.2 Å². The van der Waals surface area contributed by atoms with Crippen molar-refractivity contribution in [1.82, 2.24) is 4.90 Å². The van der Waals surface area contributed by atoms with Crippen LogP contribution in [-0.4, -0.2) is 29.7 Å². The first-order valence-corrected chi connectivity index (χ1v) is 8.83. The van der Waals surface area contributed by atoms with Gasteiger partial charge >= 0.3 is 0 Å². The summed E-state index contributed by atoms with van der Waals surface area (Å²) in [6.07, 6.45) is 0.809. The van der Waals surface area contributed by atoms with Crippen LogP contribution in [0.1, 0.15) is 42.8 Å². The van der Waals surface area contributed by atoms with E-state index in [1.54, 1.807) is 24.1 Å². The summed E-state index contributed by atoms with van der Waals surface area (Å²) in [5, 5.41) is 3.96. The van der Waals surface area contributed by atoms with Crippen LogP contribution in [0.5, 0.6) is 0 Å². The molecule has 2 aromatic rings. The highest BCUT2D eigenvalue weighted by Gasteiger charge is 2.37. The summed E-state index contributed by atoms with van der Waals surface area (Å²) in [7, 11) is 1.72. The number of oxime groups is 1. The fourth-order valence-electron chi connectivity index (χ4n) is 3.30. The fraction of sp³-hybridized carbons (Fsp3) is 0.400. The van der Waals surface area contributed by atoms with E-state index in [1.807, 2.05) is 12.1 Å². The van der Waals surface area contributed by atoms with E-state index < -0.39 is 6.10 Å². The van der Waals surface area contributed by atoms with Crippen LogP contribution in [0.2, 0.25) is 0 Å². The summed E-state index contributed by atoms with van der Waals surface area (Å²) in [4.78, 5) is 19.5. The Balaban J connectivity index is 1.35. The number of carbonyl (C=O) groups excluding carboxylic acids is 1. The highest BCUT2D eigenvalue weighted by molar-refractivity contribution is 6.04. The maximum absolute atomic E-state index is 13.4. The highest BCUT2D eigenvalue weighted by Crippen LogP contribution is 2.47. The van der Waals surface area contributed by atoms with Gasteiger partial charge in [0.2, 0.25) is 6.10 Å². The summed E-state index contributed by atoms with van der Waals surface area (Å²) in [6, 6.07) is 10.1. The lowest BCUT2D eigenvalue weighted by molar-refractivity contribution is -0.141. The first-order valence-electron chi connectivity index (χ1n) is 8.83. The zero-order chi connectivity index (χ0) is 18.3. The molecule has 0 radical (unpaired) electrons. The average Bonchev–Trinajstić information content (AvgIpc) is 3.05. The molecule has 2 aliphatic rings. The Bertz CT molecular complexity index is 860. The number of amides is 1. The second kappa shape index (κ2) is 6.59. The molecule has 26 heavy (non-hydrogen) atoms. The number of benzene rings is 1. The van der Waals surface area contributed by atoms with E-state index in [0.717, 1.165) is 17.9 Å². The van der Waals surface area contributed by atoms with Crippen molar-refractivity contribution in [3.63, 3.8) is 0 Å². The molecule has 1 aromatic carbocycles. The van der Waals surface area contributed by atoms with Gasteiger partial charge in [-0.25, -0.2) is 4.39 Å². The van der Waals surface area contributed by atoms with Crippen molar-refractivity contribution in [3.05, 3.63) is 59.3 Å². The minimum atomic E-state index is -0.684. The van der Waals surface area contributed by atoms with Crippen molar-refractivity contribution in [2.24, 2.45) is 11.1 Å². The lowest BCUT2D eigenvalue weighted by Gasteiger charge is -2.18. The van der Waals surface area contributed by atoms with Gasteiger partial charge in [0.15, 0.2) is 0 Å². The van der Waals surface area contributed by atoms with Crippen LogP contribution in [0.3, 0.4) is 0 Å². The molecule has 4 rings (SSSR count). The van der Waals surface area contributed by atoms with Gasteiger partial charge in [-0.15, -0.1) is 0 Å². The maximum Gasteiger partial charge on any atom is 0.267 e. The summed E-state index contributed by atoms with van der Waals surface area (Å²) in [5.74, 6) is 2.46. The first-order chi connectivity index (χ1) is 12.5. The molecule has 1 saturated carbocycles. The molecule has 1 aliphatic heterocycles. The quantitative estimate of drug-likeness (QED) is 0.821. The molecule has 1 amide bonds. The number of rotatable bonds is 5. The number of nitrogens with zero attached hydrogens (tertiary/aromatic N) is 2. The largest absolute Gasteiger partial charge is 0.464 e. The van der Waals surface area contributed by atoms with Crippen molar-refractivity contribution in [3.8, 4) is 0 Å². The molecule has 1 aromatic heterocycles. The number of hydrogen-bond acceptors (Lipinski definition) is 4. The Labute approximate surface area is 151 Å². The van der Waals surface area contributed by atoms with Gasteiger partial charge in [-0.1, -0.05) is 24.2 Å². The second-order valence-electron chi connectivity index (χ2n) is 7.16. The monoisotopic (exact) mass is 356 g/mol. The van der Waals surface area contributed by atoms with Gasteiger partial charge in [-0.2, -0.15) is 0 Å². The minimum absolute atomic E-state index is 0.169. The third-order valence-electron chi connectivity index (χ3n) is 5.03. The second-order valence-corrected chi connectivity index (χ2v) is 7.16. The van der Waals surface area contributed by atoms with Crippen LogP contribution in [0.4, 0.5) is 4.39 Å². The lowest BCUT2D eigenvalue weighted by Crippen LogP contribution is -2.36. The molecule has 0 N–H and O–H groups in total. The summed E-state index contributed by atoms with van der Waals surface area (Å²) < 4.78 is 19.2. The van der Waals surface area contributed by atoms with Crippen molar-refractivity contribution in [2.75, 3.05) is 7.05 Å². The summed E-state index contributed by atoms with van der Waals surface area (Å²) in [5.41, 5.74) is 1.22. The Morgan fingerprint density at radius 1 is 1.35 bits per heavy atom. The fourth-order valence-corrected chi connectivity index (χ4v) is 3.30. The highest BCUT2D eigenvalue weighted by atomic mass is 19.1. The third kappa shape index (κ3) is 3.36. The van der Waals surface area contributed by atoms with Gasteiger partial charge in [0.25, 0.3) is 5.91 Å². The van der Waals surface area contributed by atoms with Crippen LogP contribution < -0.4 is 0 Å². The predicted molar refractivity (Wildman–Crippen MR) is 94.1 cm³/mol. The van der Waals surface area contributed by atoms with Gasteiger partial charge in [-0.05, 0) is 36.6 Å². The first kappa shape index (κ1) is 16.8. The molecule has 0 saturated heterocycles. The maximum atomic E-state index is 13.4. The van der Waals surface area contributed by atoms with Crippen LogP contribution in [0.25, 0.3) is 0 Å². The van der Waals surface area contributed by atoms with E-state index in [1.165, 1.54) is 12.1 Å². The molecule has 1 fully saturated rings. The SMILES string of the molecule is CC1CC1c1ccc(CN(C)C(=O)C2CC(c3cccc(F)c3)=NO2)o1. The molecule has 1 aliphatic carbocycles. The molecule has 3 unspecified atom stereocenters. The van der Waals surface area contributed by atoms with Crippen molar-refractivity contribution < 1.29 is 18.4 Å². The average molecular weight is 356 g/mol. The Hall–Kier alpha value is -2.63. The molecule has 0 spiro atoms. The van der Waals surface area contributed by atoms with Crippen molar-refractivity contribution >= 4 is 11.6 Å². The molecular weight excluding hydrogens is 335 g/mol. The number of halogens is 1. The Kier molecular flexibility index (Phi) is 4.26. The van der Waals surface area contributed by atoms with Crippen LogP contribution >= 0.6 is 0 Å². The van der Waals surface area contributed by atoms with Gasteiger partial charge in [0.1, 0.15) is 17.3 Å². The molecule has 5 nitrogen and oxygen atoms in total. The number of likely N-dealkylation sites (N-methyl/N-ethyl adjacent to an activating group) is 1. The smallest absolute Gasteiger partial charge is 0.267 e. The van der Waals surface area contributed by atoms with E-state index in [9.17, 15) is 9.18 Å². The third-order valence-corrected chi connectivity index (χ3v) is 5.03. The van der Waals surface area contributed by atoms with Crippen LogP contribution in [0, 0.1) is 11.7 Å². The zero-order valence-corrected chi connectivity index (χ0v) is 14.8. The van der Waals surface area contributed by atoms with Crippen molar-refractivity contribution in [2.45, 2.75) is 38.3 Å². The Morgan fingerprint density at radius 3 is 2.88 bits per heavy atom. The van der Waals surface area contributed by atoms with E-state index in [2.05, 4.69) is 12.1 Å². The van der Waals surface area contributed by atoms with Crippen LogP contribution in [0.15, 0.2) is 46.0 Å². The number of hydrogen-bond donors (Lipinski definition) is 0. The number of furan rings is 1. The minimum Gasteiger partial charge on any atom is -0.464 e. The van der Waals surface area contributed by atoms with E-state index in [-0.39, 0.29) is 11.7 Å². The summed E-state index contributed by atoms with van der Waals surface area (Å²) in [6.45, 7) is 2.59. The van der Waals surface area contributed by atoms with E-state index in [4.69, 9.17) is 9.25 Å². The van der Waals surface area contributed by atoms with Gasteiger partial charge in [-0.3, -0.25) is 4.79 Å². The topological polar surface area (TPSA) is 55.0 Å². The predicted octanol–water partition coefficient (Wildman–Crippen LogP) is 3.69. The number of carbonyl (C=O) groups is 1. The van der Waals surface area contributed by atoms with E-state index in [0.29, 0.717) is 36.1 Å². The molecule has 2 heterocycles. The molecule has 6 heteroatoms. The molecule has 136 valence electrons. The molecular formula is C20H21FN2O3. The standard InChI is InChI=1S/C20H21FN2O3/c1-12-8-16(12)18-7-6-15(25-18)11-23(2)20(24)19-10-17(22-26-19)13-4-3-5-14(21)9-13/h3-7,9,12,16,19H,8,10-11H2,1-2H3. The summed E-state index contributed by atoms with van der Waals surface area (Å²) >= 11 is 0. The molecule has 3 atom stereocenters. The van der Waals surface area contributed by atoms with Gasteiger partial charge in [0.05, 0.1) is 12.3 Å². The normalized spacial score (nSPS) is 24.1. The van der Waals surface area contributed by atoms with Crippen LogP contribution in [-0.2, 0) is 16.2 Å². The van der Waals surface area contributed by atoms with Gasteiger partial charge in [0, 0.05) is 24.9 Å².